The van der Waals surface area contributed by atoms with Gasteiger partial charge in [-0.15, -0.1) is 11.3 Å². The van der Waals surface area contributed by atoms with Gasteiger partial charge in [0.2, 0.25) is 5.91 Å². The summed E-state index contributed by atoms with van der Waals surface area (Å²) >= 11 is 1.10. The molecule has 140 valence electrons. The highest BCUT2D eigenvalue weighted by Crippen LogP contribution is 2.21. The zero-order valence-corrected chi connectivity index (χ0v) is 15.9. The van der Waals surface area contributed by atoms with Gasteiger partial charge in [-0.25, -0.2) is 13.1 Å². The Bertz CT molecular complexity index is 970. The first kappa shape index (κ1) is 19.1. The van der Waals surface area contributed by atoms with Crippen molar-refractivity contribution in [1.29, 1.82) is 0 Å². The summed E-state index contributed by atoms with van der Waals surface area (Å²) in [5.41, 5.74) is 0.880. The van der Waals surface area contributed by atoms with Gasteiger partial charge >= 0.3 is 0 Å². The predicted molar refractivity (Wildman–Crippen MR) is 104 cm³/mol. The second-order valence-electron chi connectivity index (χ2n) is 5.59. The van der Waals surface area contributed by atoms with E-state index in [1.807, 2.05) is 54.6 Å². The molecule has 1 amide bonds. The highest BCUT2D eigenvalue weighted by Gasteiger charge is 2.16. The minimum Gasteiger partial charge on any atom is -0.457 e. The lowest BCUT2D eigenvalue weighted by atomic mass is 10.2. The number of para-hydroxylation sites is 1. The standard InChI is InChI=1S/C19H18N2O4S2/c22-18(14-21-27(23,24)19-7-4-12-26-19)20-13-15-8-10-17(11-9-15)25-16-5-2-1-3-6-16/h1-12,21H,13-14H2,(H,20,22). The Morgan fingerprint density at radius 3 is 2.30 bits per heavy atom. The molecule has 0 aliphatic heterocycles. The van der Waals surface area contributed by atoms with E-state index in [0.29, 0.717) is 12.3 Å². The summed E-state index contributed by atoms with van der Waals surface area (Å²) in [6.45, 7) is -0.0133. The summed E-state index contributed by atoms with van der Waals surface area (Å²) in [5.74, 6) is 1.04. The number of hydrogen-bond acceptors (Lipinski definition) is 5. The number of sulfonamides is 1. The van der Waals surface area contributed by atoms with Crippen molar-refractivity contribution in [1.82, 2.24) is 10.0 Å². The number of amides is 1. The Morgan fingerprint density at radius 2 is 1.63 bits per heavy atom. The zero-order chi connectivity index (χ0) is 19.1. The van der Waals surface area contributed by atoms with Crippen molar-refractivity contribution in [3.05, 3.63) is 77.7 Å². The van der Waals surface area contributed by atoms with Crippen LogP contribution in [0.4, 0.5) is 0 Å². The maximum Gasteiger partial charge on any atom is 0.250 e. The van der Waals surface area contributed by atoms with Crippen molar-refractivity contribution in [3.63, 3.8) is 0 Å². The lowest BCUT2D eigenvalue weighted by Gasteiger charge is -2.08. The molecule has 0 saturated heterocycles. The first-order valence-corrected chi connectivity index (χ1v) is 10.5. The molecule has 0 radical (unpaired) electrons. The Kier molecular flexibility index (Phi) is 6.23. The van der Waals surface area contributed by atoms with Crippen LogP contribution in [-0.2, 0) is 21.4 Å². The van der Waals surface area contributed by atoms with Gasteiger partial charge < -0.3 is 10.1 Å². The number of carbonyl (C=O) groups excluding carboxylic acids is 1. The van der Waals surface area contributed by atoms with E-state index in [0.717, 1.165) is 22.6 Å². The number of carbonyl (C=O) groups is 1. The molecule has 0 fully saturated rings. The lowest BCUT2D eigenvalue weighted by Crippen LogP contribution is -2.36. The van der Waals surface area contributed by atoms with E-state index in [1.165, 1.54) is 6.07 Å². The third kappa shape index (κ3) is 5.65. The van der Waals surface area contributed by atoms with Gasteiger partial charge in [-0.1, -0.05) is 36.4 Å². The molecule has 0 spiro atoms. The first-order chi connectivity index (χ1) is 13.0. The molecule has 0 bridgehead atoms. The number of benzene rings is 2. The van der Waals surface area contributed by atoms with Crippen LogP contribution in [0.3, 0.4) is 0 Å². The number of nitrogens with one attached hydrogen (secondary N) is 2. The average molecular weight is 402 g/mol. The molecule has 1 aromatic heterocycles. The average Bonchev–Trinajstić information content (AvgIpc) is 3.23. The summed E-state index contributed by atoms with van der Waals surface area (Å²) in [6, 6.07) is 19.9. The Balaban J connectivity index is 1.46. The van der Waals surface area contributed by atoms with Crippen LogP contribution in [0.2, 0.25) is 0 Å². The fraction of sp³-hybridized carbons (Fsp3) is 0.105. The Hall–Kier alpha value is -2.68. The molecule has 6 nitrogen and oxygen atoms in total. The summed E-state index contributed by atoms with van der Waals surface area (Å²) < 4.78 is 32.1. The van der Waals surface area contributed by atoms with E-state index in [9.17, 15) is 13.2 Å². The fourth-order valence-corrected chi connectivity index (χ4v) is 4.23. The molecule has 0 unspecified atom stereocenters. The van der Waals surface area contributed by atoms with Crippen LogP contribution in [0, 0.1) is 0 Å². The third-order valence-corrected chi connectivity index (χ3v) is 6.37. The van der Waals surface area contributed by atoms with E-state index in [2.05, 4.69) is 10.0 Å². The Morgan fingerprint density at radius 1 is 0.926 bits per heavy atom. The van der Waals surface area contributed by atoms with E-state index in [1.54, 1.807) is 11.4 Å². The maximum atomic E-state index is 12.0. The summed E-state index contributed by atoms with van der Waals surface area (Å²) in [7, 11) is -3.64. The third-order valence-electron chi connectivity index (χ3n) is 3.57. The van der Waals surface area contributed by atoms with Gasteiger partial charge in [0.1, 0.15) is 15.7 Å². The van der Waals surface area contributed by atoms with Crippen LogP contribution in [0.1, 0.15) is 5.56 Å². The normalized spacial score (nSPS) is 11.1. The van der Waals surface area contributed by atoms with Gasteiger partial charge in [-0.05, 0) is 41.3 Å². The van der Waals surface area contributed by atoms with Crippen LogP contribution in [0.15, 0.2) is 76.3 Å². The fourth-order valence-electron chi connectivity index (χ4n) is 2.21. The van der Waals surface area contributed by atoms with Crippen molar-refractivity contribution in [2.45, 2.75) is 10.8 Å². The SMILES string of the molecule is O=C(CNS(=O)(=O)c1cccs1)NCc1ccc(Oc2ccccc2)cc1. The number of hydrogen-bond donors (Lipinski definition) is 2. The van der Waals surface area contributed by atoms with Gasteiger partial charge in [0, 0.05) is 6.54 Å². The zero-order valence-electron chi connectivity index (χ0n) is 14.3. The highest BCUT2D eigenvalue weighted by molar-refractivity contribution is 7.91. The second-order valence-corrected chi connectivity index (χ2v) is 8.53. The van der Waals surface area contributed by atoms with Crippen LogP contribution >= 0.6 is 11.3 Å². The van der Waals surface area contributed by atoms with Crippen LogP contribution < -0.4 is 14.8 Å². The van der Waals surface area contributed by atoms with Crippen LogP contribution in [0.5, 0.6) is 11.5 Å². The number of rotatable bonds is 8. The van der Waals surface area contributed by atoms with Gasteiger partial charge in [-0.3, -0.25) is 4.79 Å². The molecule has 3 aromatic rings. The molecule has 8 heteroatoms. The molecule has 2 aromatic carbocycles. The van der Waals surface area contributed by atoms with Crippen molar-refractivity contribution >= 4 is 27.3 Å². The van der Waals surface area contributed by atoms with Gasteiger partial charge in [0.15, 0.2) is 0 Å². The topological polar surface area (TPSA) is 84.5 Å². The molecule has 1 heterocycles. The summed E-state index contributed by atoms with van der Waals surface area (Å²) in [5, 5.41) is 4.35. The van der Waals surface area contributed by atoms with E-state index in [-0.39, 0.29) is 10.8 Å². The smallest absolute Gasteiger partial charge is 0.250 e. The molecular formula is C19H18N2O4S2. The molecule has 0 atom stereocenters. The highest BCUT2D eigenvalue weighted by atomic mass is 32.2. The number of ether oxygens (including phenoxy) is 1. The van der Waals surface area contributed by atoms with E-state index < -0.39 is 15.9 Å². The molecule has 0 aliphatic rings. The predicted octanol–water partition coefficient (Wildman–Crippen LogP) is 3.14. The van der Waals surface area contributed by atoms with Gasteiger partial charge in [0.05, 0.1) is 6.54 Å². The molecule has 0 aliphatic carbocycles. The minimum atomic E-state index is -3.64. The number of thiophene rings is 1. The molecule has 0 saturated carbocycles. The van der Waals surface area contributed by atoms with Crippen molar-refractivity contribution in [2.24, 2.45) is 0 Å². The van der Waals surface area contributed by atoms with E-state index in [4.69, 9.17) is 4.74 Å². The van der Waals surface area contributed by atoms with Crippen LogP contribution in [-0.4, -0.2) is 20.9 Å². The van der Waals surface area contributed by atoms with Crippen molar-refractivity contribution in [2.75, 3.05) is 6.54 Å². The molecule has 3 rings (SSSR count). The molecule has 2 N–H and O–H groups in total. The Labute approximate surface area is 161 Å². The quantitative estimate of drug-likeness (QED) is 0.606. The summed E-state index contributed by atoms with van der Waals surface area (Å²) in [4.78, 5) is 11.9. The maximum absolute atomic E-state index is 12.0. The van der Waals surface area contributed by atoms with Crippen molar-refractivity contribution < 1.29 is 17.9 Å². The second kappa shape index (κ2) is 8.81. The minimum absolute atomic E-state index is 0.185. The van der Waals surface area contributed by atoms with Crippen LogP contribution in [0.25, 0.3) is 0 Å². The molecule has 27 heavy (non-hydrogen) atoms. The van der Waals surface area contributed by atoms with Gasteiger partial charge in [-0.2, -0.15) is 0 Å². The molecular weight excluding hydrogens is 384 g/mol. The van der Waals surface area contributed by atoms with Crippen molar-refractivity contribution in [3.8, 4) is 11.5 Å². The lowest BCUT2D eigenvalue weighted by molar-refractivity contribution is -0.120. The largest absolute Gasteiger partial charge is 0.457 e. The monoisotopic (exact) mass is 402 g/mol. The van der Waals surface area contributed by atoms with Gasteiger partial charge in [0.25, 0.3) is 10.0 Å². The van der Waals surface area contributed by atoms with E-state index >= 15 is 0 Å². The first-order valence-electron chi connectivity index (χ1n) is 8.15. The summed E-state index contributed by atoms with van der Waals surface area (Å²) in [6.07, 6.45) is 0.